The van der Waals surface area contributed by atoms with E-state index in [1.54, 1.807) is 12.1 Å². The minimum absolute atomic E-state index is 0.231. The fourth-order valence-electron chi connectivity index (χ4n) is 2.13. The predicted octanol–water partition coefficient (Wildman–Crippen LogP) is 3.24. The number of benzene rings is 2. The highest BCUT2D eigenvalue weighted by Crippen LogP contribution is 2.21. The second-order valence-corrected chi connectivity index (χ2v) is 5.24. The van der Waals surface area contributed by atoms with Crippen LogP contribution in [0.2, 0.25) is 0 Å². The average molecular weight is 287 g/mol. The molecule has 1 fully saturated rings. The Morgan fingerprint density at radius 1 is 1.14 bits per heavy atom. The normalized spacial score (nSPS) is 16.6. The van der Waals surface area contributed by atoms with E-state index >= 15 is 0 Å². The molecule has 1 atom stereocenters. The van der Waals surface area contributed by atoms with Crippen LogP contribution in [0, 0.1) is 5.82 Å². The summed E-state index contributed by atoms with van der Waals surface area (Å²) in [5.41, 5.74) is 2.09. The molecule has 3 nitrogen and oxygen atoms in total. The molecule has 0 spiro atoms. The lowest BCUT2D eigenvalue weighted by Crippen LogP contribution is -2.22. The SMILES string of the molecule is CN(CC1CO1)c1ccc(OCc2ccc(F)cc2)cc1. The number of hydrogen-bond donors (Lipinski definition) is 0. The molecule has 21 heavy (non-hydrogen) atoms. The maximum Gasteiger partial charge on any atom is 0.123 e. The zero-order valence-corrected chi connectivity index (χ0v) is 12.0. The van der Waals surface area contributed by atoms with E-state index in [0.717, 1.165) is 30.2 Å². The number of epoxide rings is 1. The third kappa shape index (κ3) is 3.95. The Bertz CT molecular complexity index is 579. The van der Waals surface area contributed by atoms with Gasteiger partial charge in [-0.25, -0.2) is 4.39 Å². The van der Waals surface area contributed by atoms with Crippen LogP contribution >= 0.6 is 0 Å². The van der Waals surface area contributed by atoms with Crippen LogP contribution in [0.5, 0.6) is 5.75 Å². The molecule has 110 valence electrons. The van der Waals surface area contributed by atoms with Gasteiger partial charge in [-0.2, -0.15) is 0 Å². The highest BCUT2D eigenvalue weighted by Gasteiger charge is 2.24. The smallest absolute Gasteiger partial charge is 0.123 e. The predicted molar refractivity (Wildman–Crippen MR) is 80.2 cm³/mol. The highest BCUT2D eigenvalue weighted by atomic mass is 19.1. The molecule has 0 N–H and O–H groups in total. The first kappa shape index (κ1) is 13.9. The molecule has 0 aromatic heterocycles. The summed E-state index contributed by atoms with van der Waals surface area (Å²) in [6, 6.07) is 14.3. The van der Waals surface area contributed by atoms with Crippen molar-refractivity contribution >= 4 is 5.69 Å². The van der Waals surface area contributed by atoms with Crippen molar-refractivity contribution in [1.29, 1.82) is 0 Å². The molecule has 0 saturated carbocycles. The Morgan fingerprint density at radius 3 is 2.43 bits per heavy atom. The van der Waals surface area contributed by atoms with Crippen molar-refractivity contribution in [3.8, 4) is 5.75 Å². The maximum atomic E-state index is 12.8. The van der Waals surface area contributed by atoms with Crippen molar-refractivity contribution < 1.29 is 13.9 Å². The Labute approximate surface area is 123 Å². The van der Waals surface area contributed by atoms with Gasteiger partial charge < -0.3 is 14.4 Å². The summed E-state index contributed by atoms with van der Waals surface area (Å²) in [5, 5.41) is 0. The summed E-state index contributed by atoms with van der Waals surface area (Å²) in [5.74, 6) is 0.574. The van der Waals surface area contributed by atoms with Gasteiger partial charge in [-0.1, -0.05) is 12.1 Å². The van der Waals surface area contributed by atoms with E-state index in [-0.39, 0.29) is 5.82 Å². The van der Waals surface area contributed by atoms with E-state index in [0.29, 0.717) is 12.7 Å². The van der Waals surface area contributed by atoms with E-state index in [1.807, 2.05) is 24.3 Å². The molecule has 2 aromatic carbocycles. The van der Waals surface area contributed by atoms with Gasteiger partial charge in [0.2, 0.25) is 0 Å². The third-order valence-corrected chi connectivity index (χ3v) is 3.48. The minimum Gasteiger partial charge on any atom is -0.489 e. The summed E-state index contributed by atoms with van der Waals surface area (Å²) in [6.45, 7) is 2.21. The molecule has 1 heterocycles. The van der Waals surface area contributed by atoms with Crippen LogP contribution in [-0.4, -0.2) is 26.3 Å². The van der Waals surface area contributed by atoms with Gasteiger partial charge >= 0.3 is 0 Å². The summed E-state index contributed by atoms with van der Waals surface area (Å²) < 4.78 is 23.7. The van der Waals surface area contributed by atoms with Crippen molar-refractivity contribution in [2.75, 3.05) is 25.1 Å². The molecule has 4 heteroatoms. The molecular formula is C17H18FNO2. The zero-order valence-electron chi connectivity index (χ0n) is 12.0. The van der Waals surface area contributed by atoms with Crippen LogP contribution in [0.4, 0.5) is 10.1 Å². The zero-order chi connectivity index (χ0) is 14.7. The molecule has 1 aliphatic rings. The first-order valence-corrected chi connectivity index (χ1v) is 7.01. The van der Waals surface area contributed by atoms with Gasteiger partial charge in [0.05, 0.1) is 12.7 Å². The van der Waals surface area contributed by atoms with Crippen LogP contribution in [0.3, 0.4) is 0 Å². The van der Waals surface area contributed by atoms with Crippen LogP contribution in [0.15, 0.2) is 48.5 Å². The van der Waals surface area contributed by atoms with Gasteiger partial charge in [-0.05, 0) is 42.0 Å². The Hall–Kier alpha value is -2.07. The van der Waals surface area contributed by atoms with Crippen molar-refractivity contribution in [3.05, 3.63) is 59.9 Å². The van der Waals surface area contributed by atoms with Gasteiger partial charge in [0.15, 0.2) is 0 Å². The second-order valence-electron chi connectivity index (χ2n) is 5.24. The standard InChI is InChI=1S/C17H18FNO2/c1-19(10-17-12-21-17)15-6-8-16(9-7-15)20-11-13-2-4-14(18)5-3-13/h2-9,17H,10-12H2,1H3. The molecule has 0 bridgehead atoms. The van der Waals surface area contributed by atoms with E-state index in [1.165, 1.54) is 12.1 Å². The maximum absolute atomic E-state index is 12.8. The van der Waals surface area contributed by atoms with E-state index < -0.39 is 0 Å². The fourth-order valence-corrected chi connectivity index (χ4v) is 2.13. The first-order chi connectivity index (χ1) is 10.2. The summed E-state index contributed by atoms with van der Waals surface area (Å²) in [4.78, 5) is 2.17. The van der Waals surface area contributed by atoms with Crippen LogP contribution in [0.1, 0.15) is 5.56 Å². The first-order valence-electron chi connectivity index (χ1n) is 7.01. The lowest BCUT2D eigenvalue weighted by atomic mass is 10.2. The quantitative estimate of drug-likeness (QED) is 0.763. The number of rotatable bonds is 6. The van der Waals surface area contributed by atoms with E-state index in [2.05, 4.69) is 11.9 Å². The molecule has 3 rings (SSSR count). The van der Waals surface area contributed by atoms with Gasteiger partial charge in [0.25, 0.3) is 0 Å². The number of nitrogens with zero attached hydrogens (tertiary/aromatic N) is 1. The Kier molecular flexibility index (Phi) is 4.06. The van der Waals surface area contributed by atoms with Gasteiger partial charge in [-0.3, -0.25) is 0 Å². The van der Waals surface area contributed by atoms with Crippen molar-refractivity contribution in [3.63, 3.8) is 0 Å². The van der Waals surface area contributed by atoms with Crippen molar-refractivity contribution in [2.45, 2.75) is 12.7 Å². The Balaban J connectivity index is 1.55. The van der Waals surface area contributed by atoms with Gasteiger partial charge in [0.1, 0.15) is 18.2 Å². The van der Waals surface area contributed by atoms with Gasteiger partial charge in [-0.15, -0.1) is 0 Å². The number of halogens is 1. The molecule has 1 saturated heterocycles. The number of hydrogen-bond acceptors (Lipinski definition) is 3. The molecular weight excluding hydrogens is 269 g/mol. The molecule has 1 unspecified atom stereocenters. The minimum atomic E-state index is -0.231. The number of likely N-dealkylation sites (N-methyl/N-ethyl adjacent to an activating group) is 1. The van der Waals surface area contributed by atoms with E-state index in [4.69, 9.17) is 9.47 Å². The number of anilines is 1. The molecule has 0 amide bonds. The number of ether oxygens (including phenoxy) is 2. The summed E-state index contributed by atoms with van der Waals surface area (Å²) in [7, 11) is 2.05. The van der Waals surface area contributed by atoms with Crippen molar-refractivity contribution in [1.82, 2.24) is 0 Å². The van der Waals surface area contributed by atoms with Crippen LogP contribution in [0.25, 0.3) is 0 Å². The van der Waals surface area contributed by atoms with Gasteiger partial charge in [0, 0.05) is 19.3 Å². The monoisotopic (exact) mass is 287 g/mol. The topological polar surface area (TPSA) is 25.0 Å². The average Bonchev–Trinajstić information content (AvgIpc) is 3.31. The molecule has 1 aliphatic heterocycles. The largest absolute Gasteiger partial charge is 0.489 e. The Morgan fingerprint density at radius 2 is 1.81 bits per heavy atom. The highest BCUT2D eigenvalue weighted by molar-refractivity contribution is 5.48. The molecule has 0 radical (unpaired) electrons. The third-order valence-electron chi connectivity index (χ3n) is 3.48. The van der Waals surface area contributed by atoms with Crippen LogP contribution < -0.4 is 9.64 Å². The molecule has 0 aliphatic carbocycles. The molecule has 2 aromatic rings. The fraction of sp³-hybridized carbons (Fsp3) is 0.294. The van der Waals surface area contributed by atoms with Crippen molar-refractivity contribution in [2.24, 2.45) is 0 Å². The lowest BCUT2D eigenvalue weighted by Gasteiger charge is -2.18. The van der Waals surface area contributed by atoms with E-state index in [9.17, 15) is 4.39 Å². The van der Waals surface area contributed by atoms with Crippen LogP contribution in [-0.2, 0) is 11.3 Å². The second kappa shape index (κ2) is 6.14. The summed E-state index contributed by atoms with van der Waals surface area (Å²) >= 11 is 0. The lowest BCUT2D eigenvalue weighted by molar-refractivity contribution is 0.306. The summed E-state index contributed by atoms with van der Waals surface area (Å²) in [6.07, 6.45) is 0.379.